The molecule has 1 aliphatic heterocycles. The van der Waals surface area contributed by atoms with E-state index in [2.05, 4.69) is 0 Å². The molecule has 7 heteroatoms. The molecule has 1 aliphatic rings. The van der Waals surface area contributed by atoms with Crippen LogP contribution in [0.2, 0.25) is 0 Å². The van der Waals surface area contributed by atoms with Gasteiger partial charge in [0.05, 0.1) is 14.2 Å². The average Bonchev–Trinajstić information content (AvgIpc) is 3.34. The molecule has 4 rings (SSSR count). The molecule has 1 amide bonds. The van der Waals surface area contributed by atoms with Gasteiger partial charge in [0.2, 0.25) is 5.75 Å². The standard InChI is InChI=1S/C28H26N2O5/c1-32-25-17-20(16-22(19-29)28(31)30-13-12-21-8-6-7-11-24(21)30)18-26(33-2)27(25)35-15-14-34-23-9-4-3-5-10-23/h3-11,16-18H,12-15H2,1-2H3. The number of methoxy groups -OCH3 is 2. The van der Waals surface area contributed by atoms with E-state index in [1.165, 1.54) is 20.3 Å². The van der Waals surface area contributed by atoms with Crippen molar-refractivity contribution in [2.75, 3.05) is 38.9 Å². The fourth-order valence-corrected chi connectivity index (χ4v) is 3.95. The minimum atomic E-state index is -0.339. The van der Waals surface area contributed by atoms with Crippen molar-refractivity contribution in [3.05, 3.63) is 83.4 Å². The second-order valence-corrected chi connectivity index (χ2v) is 7.77. The maximum absolute atomic E-state index is 13.1. The van der Waals surface area contributed by atoms with Crippen LogP contribution in [0.5, 0.6) is 23.0 Å². The molecule has 7 nitrogen and oxygen atoms in total. The number of ether oxygens (including phenoxy) is 4. The summed E-state index contributed by atoms with van der Waals surface area (Å²) < 4.78 is 22.6. The quantitative estimate of drug-likeness (QED) is 0.257. The molecule has 3 aromatic carbocycles. The lowest BCUT2D eigenvalue weighted by atomic mass is 10.1. The van der Waals surface area contributed by atoms with Crippen molar-refractivity contribution in [3.8, 4) is 29.1 Å². The van der Waals surface area contributed by atoms with Gasteiger partial charge in [0.15, 0.2) is 11.5 Å². The van der Waals surface area contributed by atoms with E-state index >= 15 is 0 Å². The van der Waals surface area contributed by atoms with Crippen molar-refractivity contribution in [2.45, 2.75) is 6.42 Å². The Labute approximate surface area is 204 Å². The first-order valence-corrected chi connectivity index (χ1v) is 11.2. The van der Waals surface area contributed by atoms with E-state index in [1.807, 2.05) is 60.7 Å². The van der Waals surface area contributed by atoms with E-state index in [4.69, 9.17) is 18.9 Å². The van der Waals surface area contributed by atoms with Crippen molar-refractivity contribution in [3.63, 3.8) is 0 Å². The minimum absolute atomic E-state index is 0.0238. The summed E-state index contributed by atoms with van der Waals surface area (Å²) in [6.07, 6.45) is 2.30. The second kappa shape index (κ2) is 11.1. The Morgan fingerprint density at radius 1 is 0.971 bits per heavy atom. The molecular formula is C28H26N2O5. The lowest BCUT2D eigenvalue weighted by Crippen LogP contribution is -2.29. The highest BCUT2D eigenvalue weighted by molar-refractivity contribution is 6.12. The van der Waals surface area contributed by atoms with Crippen LogP contribution in [-0.4, -0.2) is 39.9 Å². The number of carbonyl (C=O) groups is 1. The summed E-state index contributed by atoms with van der Waals surface area (Å²) in [5.74, 6) is 1.68. The summed E-state index contributed by atoms with van der Waals surface area (Å²) in [4.78, 5) is 14.8. The molecule has 1 heterocycles. The maximum Gasteiger partial charge on any atom is 0.268 e. The fraction of sp³-hybridized carbons (Fsp3) is 0.214. The number of anilines is 1. The molecule has 0 radical (unpaired) electrons. The van der Waals surface area contributed by atoms with Gasteiger partial charge in [-0.15, -0.1) is 0 Å². The van der Waals surface area contributed by atoms with E-state index in [-0.39, 0.29) is 18.1 Å². The summed E-state index contributed by atoms with van der Waals surface area (Å²) in [5, 5.41) is 9.74. The Morgan fingerprint density at radius 3 is 2.31 bits per heavy atom. The Bertz CT molecular complexity index is 1240. The van der Waals surface area contributed by atoms with Gasteiger partial charge in [0.1, 0.15) is 30.6 Å². The lowest BCUT2D eigenvalue weighted by molar-refractivity contribution is -0.114. The van der Waals surface area contributed by atoms with E-state index in [0.29, 0.717) is 36.0 Å². The SMILES string of the molecule is COc1cc(C=C(C#N)C(=O)N2CCc3ccccc32)cc(OC)c1OCCOc1ccccc1. The van der Waals surface area contributed by atoms with Crippen molar-refractivity contribution >= 4 is 17.7 Å². The number of rotatable bonds is 9. The Morgan fingerprint density at radius 2 is 1.63 bits per heavy atom. The Kier molecular flexibility index (Phi) is 7.53. The van der Waals surface area contributed by atoms with Crippen molar-refractivity contribution < 1.29 is 23.7 Å². The monoisotopic (exact) mass is 470 g/mol. The van der Waals surface area contributed by atoms with E-state index in [0.717, 1.165) is 23.4 Å². The largest absolute Gasteiger partial charge is 0.493 e. The molecule has 0 atom stereocenters. The maximum atomic E-state index is 13.1. The smallest absolute Gasteiger partial charge is 0.268 e. The third-order valence-electron chi connectivity index (χ3n) is 5.62. The molecule has 0 bridgehead atoms. The van der Waals surface area contributed by atoms with Gasteiger partial charge in [0.25, 0.3) is 5.91 Å². The predicted molar refractivity (Wildman–Crippen MR) is 133 cm³/mol. The summed E-state index contributed by atoms with van der Waals surface area (Å²) in [6.45, 7) is 1.15. The summed E-state index contributed by atoms with van der Waals surface area (Å²) in [5.41, 5.74) is 2.55. The third-order valence-corrected chi connectivity index (χ3v) is 5.62. The van der Waals surface area contributed by atoms with Gasteiger partial charge in [0, 0.05) is 12.2 Å². The third kappa shape index (κ3) is 5.39. The lowest BCUT2D eigenvalue weighted by Gasteiger charge is -2.17. The zero-order valence-electron chi connectivity index (χ0n) is 19.7. The molecule has 0 aromatic heterocycles. The van der Waals surface area contributed by atoms with Gasteiger partial charge < -0.3 is 23.8 Å². The van der Waals surface area contributed by atoms with Crippen LogP contribution in [0.3, 0.4) is 0 Å². The molecule has 0 spiro atoms. The highest BCUT2D eigenvalue weighted by atomic mass is 16.6. The van der Waals surface area contributed by atoms with Crippen molar-refractivity contribution in [1.29, 1.82) is 5.26 Å². The van der Waals surface area contributed by atoms with Gasteiger partial charge >= 0.3 is 0 Å². The first-order chi connectivity index (χ1) is 17.1. The first kappa shape index (κ1) is 23.7. The number of nitrogens with zero attached hydrogens (tertiary/aromatic N) is 2. The van der Waals surface area contributed by atoms with Crippen LogP contribution in [0.1, 0.15) is 11.1 Å². The summed E-state index contributed by atoms with van der Waals surface area (Å²) in [6, 6.07) is 22.7. The first-order valence-electron chi connectivity index (χ1n) is 11.2. The predicted octanol–water partition coefficient (Wildman–Crippen LogP) is 4.66. The van der Waals surface area contributed by atoms with E-state index < -0.39 is 0 Å². The van der Waals surface area contributed by atoms with Gasteiger partial charge in [-0.25, -0.2) is 0 Å². The Balaban J connectivity index is 1.52. The van der Waals surface area contributed by atoms with Gasteiger partial charge in [-0.1, -0.05) is 36.4 Å². The number of hydrogen-bond donors (Lipinski definition) is 0. The van der Waals surface area contributed by atoms with Crippen LogP contribution in [0.4, 0.5) is 5.69 Å². The number of carbonyl (C=O) groups excluding carboxylic acids is 1. The van der Waals surface area contributed by atoms with Crippen LogP contribution >= 0.6 is 0 Å². The number of para-hydroxylation sites is 2. The summed E-state index contributed by atoms with van der Waals surface area (Å²) >= 11 is 0. The molecule has 0 saturated carbocycles. The van der Waals surface area contributed by atoms with Crippen LogP contribution in [0.15, 0.2) is 72.3 Å². The van der Waals surface area contributed by atoms with Gasteiger partial charge in [-0.3, -0.25) is 4.79 Å². The zero-order chi connectivity index (χ0) is 24.6. The highest BCUT2D eigenvalue weighted by Crippen LogP contribution is 2.39. The Hall–Kier alpha value is -4.44. The fourth-order valence-electron chi connectivity index (χ4n) is 3.95. The summed E-state index contributed by atoms with van der Waals surface area (Å²) in [7, 11) is 3.04. The van der Waals surface area contributed by atoms with Crippen LogP contribution in [-0.2, 0) is 11.2 Å². The van der Waals surface area contributed by atoms with Crippen LogP contribution in [0, 0.1) is 11.3 Å². The zero-order valence-corrected chi connectivity index (χ0v) is 19.7. The topological polar surface area (TPSA) is 81.0 Å². The van der Waals surface area contributed by atoms with E-state index in [9.17, 15) is 10.1 Å². The molecule has 178 valence electrons. The average molecular weight is 471 g/mol. The molecule has 35 heavy (non-hydrogen) atoms. The number of fused-ring (bicyclic) bond motifs is 1. The van der Waals surface area contributed by atoms with Crippen LogP contribution in [0.25, 0.3) is 6.08 Å². The van der Waals surface area contributed by atoms with Crippen molar-refractivity contribution in [1.82, 2.24) is 0 Å². The number of hydrogen-bond acceptors (Lipinski definition) is 6. The molecule has 0 aliphatic carbocycles. The molecule has 0 N–H and O–H groups in total. The number of benzene rings is 3. The normalized spacial score (nSPS) is 12.5. The number of amides is 1. The molecular weight excluding hydrogens is 444 g/mol. The highest BCUT2D eigenvalue weighted by Gasteiger charge is 2.27. The molecule has 0 saturated heterocycles. The van der Waals surface area contributed by atoms with E-state index in [1.54, 1.807) is 17.0 Å². The minimum Gasteiger partial charge on any atom is -0.493 e. The molecule has 0 unspecified atom stereocenters. The van der Waals surface area contributed by atoms with Crippen molar-refractivity contribution in [2.24, 2.45) is 0 Å². The van der Waals surface area contributed by atoms with Gasteiger partial charge in [-0.05, 0) is 54.0 Å². The van der Waals surface area contributed by atoms with Gasteiger partial charge in [-0.2, -0.15) is 5.26 Å². The molecule has 0 fully saturated rings. The molecule has 3 aromatic rings. The van der Waals surface area contributed by atoms with Crippen LogP contribution < -0.4 is 23.8 Å². The number of nitriles is 1. The second-order valence-electron chi connectivity index (χ2n) is 7.77.